The van der Waals surface area contributed by atoms with Crippen molar-refractivity contribution in [2.45, 2.75) is 53.1 Å². The minimum atomic E-state index is -0.457. The van der Waals surface area contributed by atoms with Gasteiger partial charge in [-0.05, 0) is 39.5 Å². The van der Waals surface area contributed by atoms with E-state index in [1.54, 1.807) is 7.11 Å². The second-order valence-corrected chi connectivity index (χ2v) is 5.31. The molecule has 3 nitrogen and oxygen atoms in total. The molecule has 0 fully saturated rings. The Bertz CT molecular complexity index is 246. The highest BCUT2D eigenvalue weighted by atomic mass is 16.6. The molecule has 0 rings (SSSR count). The van der Waals surface area contributed by atoms with E-state index in [1.165, 1.54) is 6.26 Å². The van der Waals surface area contributed by atoms with Gasteiger partial charge in [0.15, 0.2) is 0 Å². The van der Waals surface area contributed by atoms with E-state index in [1.807, 2.05) is 20.8 Å². The summed E-state index contributed by atoms with van der Waals surface area (Å²) in [5, 5.41) is 0. The third-order valence-corrected chi connectivity index (χ3v) is 1.91. The van der Waals surface area contributed by atoms with Crippen LogP contribution in [0.1, 0.15) is 47.5 Å². The molecule has 0 saturated heterocycles. The Balaban J connectivity index is 4.43. The van der Waals surface area contributed by atoms with Crippen LogP contribution >= 0.6 is 0 Å². The van der Waals surface area contributed by atoms with E-state index in [0.29, 0.717) is 17.9 Å². The SMILES string of the molecule is COC=C(CCC(C)C)C(=O)OC(C)(C)C. The van der Waals surface area contributed by atoms with Crippen LogP contribution in [0.15, 0.2) is 11.8 Å². The number of hydrogen-bond acceptors (Lipinski definition) is 3. The van der Waals surface area contributed by atoms with Crippen LogP contribution in [0.3, 0.4) is 0 Å². The average Bonchev–Trinajstić information content (AvgIpc) is 2.08. The normalized spacial score (nSPS) is 12.8. The van der Waals surface area contributed by atoms with E-state index >= 15 is 0 Å². The van der Waals surface area contributed by atoms with Crippen LogP contribution in [0, 0.1) is 5.92 Å². The molecule has 0 spiro atoms. The van der Waals surface area contributed by atoms with Gasteiger partial charge in [-0.1, -0.05) is 13.8 Å². The summed E-state index contributed by atoms with van der Waals surface area (Å²) in [6.45, 7) is 9.83. The number of hydrogen-bond donors (Lipinski definition) is 0. The number of methoxy groups -OCH3 is 1. The third kappa shape index (κ3) is 7.32. The Morgan fingerprint density at radius 3 is 2.25 bits per heavy atom. The summed E-state index contributed by atoms with van der Waals surface area (Å²) in [6.07, 6.45) is 3.13. The van der Waals surface area contributed by atoms with Crippen molar-refractivity contribution in [3.05, 3.63) is 11.8 Å². The largest absolute Gasteiger partial charge is 0.504 e. The fourth-order valence-corrected chi connectivity index (χ4v) is 1.14. The van der Waals surface area contributed by atoms with Crippen LogP contribution in [0.5, 0.6) is 0 Å². The zero-order valence-electron chi connectivity index (χ0n) is 11.3. The van der Waals surface area contributed by atoms with Crippen LogP contribution in [0.2, 0.25) is 0 Å². The number of ether oxygens (including phenoxy) is 2. The Labute approximate surface area is 98.8 Å². The molecule has 16 heavy (non-hydrogen) atoms. The molecule has 0 unspecified atom stereocenters. The van der Waals surface area contributed by atoms with E-state index in [2.05, 4.69) is 13.8 Å². The first kappa shape index (κ1) is 15.0. The number of carbonyl (C=O) groups excluding carboxylic acids is 1. The Kier molecular flexibility index (Phi) is 6.16. The van der Waals surface area contributed by atoms with E-state index in [0.717, 1.165) is 6.42 Å². The second-order valence-electron chi connectivity index (χ2n) is 5.31. The predicted octanol–water partition coefficient (Wildman–Crippen LogP) is 3.29. The maximum atomic E-state index is 11.8. The topological polar surface area (TPSA) is 35.5 Å². The van der Waals surface area contributed by atoms with E-state index < -0.39 is 5.60 Å². The minimum Gasteiger partial charge on any atom is -0.504 e. The van der Waals surface area contributed by atoms with Gasteiger partial charge >= 0.3 is 5.97 Å². The van der Waals surface area contributed by atoms with Crippen molar-refractivity contribution in [2.24, 2.45) is 5.92 Å². The van der Waals surface area contributed by atoms with Gasteiger partial charge < -0.3 is 9.47 Å². The van der Waals surface area contributed by atoms with Crippen LogP contribution in [0.4, 0.5) is 0 Å². The summed E-state index contributed by atoms with van der Waals surface area (Å²) in [5.74, 6) is 0.276. The summed E-state index contributed by atoms with van der Waals surface area (Å²) in [4.78, 5) is 11.8. The van der Waals surface area contributed by atoms with Crippen molar-refractivity contribution in [1.82, 2.24) is 0 Å². The van der Waals surface area contributed by atoms with Crippen LogP contribution in [-0.4, -0.2) is 18.7 Å². The predicted molar refractivity (Wildman–Crippen MR) is 65.0 cm³/mol. The molecule has 0 aliphatic rings. The molecular formula is C13H24O3. The van der Waals surface area contributed by atoms with Gasteiger partial charge in [0.1, 0.15) is 5.60 Å². The van der Waals surface area contributed by atoms with Gasteiger partial charge in [-0.2, -0.15) is 0 Å². The van der Waals surface area contributed by atoms with Crippen molar-refractivity contribution >= 4 is 5.97 Å². The number of carbonyl (C=O) groups is 1. The first-order valence-corrected chi connectivity index (χ1v) is 5.71. The van der Waals surface area contributed by atoms with Crippen molar-refractivity contribution in [3.8, 4) is 0 Å². The zero-order chi connectivity index (χ0) is 12.8. The monoisotopic (exact) mass is 228 g/mol. The van der Waals surface area contributed by atoms with Crippen LogP contribution in [0.25, 0.3) is 0 Å². The third-order valence-electron chi connectivity index (χ3n) is 1.91. The van der Waals surface area contributed by atoms with Gasteiger partial charge in [-0.25, -0.2) is 4.79 Å². The highest BCUT2D eigenvalue weighted by Gasteiger charge is 2.20. The molecule has 0 amide bonds. The summed E-state index contributed by atoms with van der Waals surface area (Å²) in [5.41, 5.74) is 0.146. The maximum Gasteiger partial charge on any atom is 0.337 e. The van der Waals surface area contributed by atoms with Crippen LogP contribution in [-0.2, 0) is 14.3 Å². The smallest absolute Gasteiger partial charge is 0.337 e. The Morgan fingerprint density at radius 2 is 1.88 bits per heavy atom. The quantitative estimate of drug-likeness (QED) is 0.411. The molecule has 0 aromatic heterocycles. The molecule has 3 heteroatoms. The Morgan fingerprint density at radius 1 is 1.31 bits per heavy atom. The molecule has 0 aliphatic heterocycles. The van der Waals surface area contributed by atoms with E-state index in [-0.39, 0.29) is 5.97 Å². The fraction of sp³-hybridized carbons (Fsp3) is 0.769. The lowest BCUT2D eigenvalue weighted by Crippen LogP contribution is -2.25. The standard InChI is InChI=1S/C13H24O3/c1-10(2)7-8-11(9-15-6)12(14)16-13(3,4)5/h9-10H,7-8H2,1-6H3. The van der Waals surface area contributed by atoms with Gasteiger partial charge in [0, 0.05) is 0 Å². The Hall–Kier alpha value is -0.990. The van der Waals surface area contributed by atoms with E-state index in [9.17, 15) is 4.79 Å². The molecule has 0 heterocycles. The molecular weight excluding hydrogens is 204 g/mol. The molecule has 0 bridgehead atoms. The van der Waals surface area contributed by atoms with E-state index in [4.69, 9.17) is 9.47 Å². The fourth-order valence-electron chi connectivity index (χ4n) is 1.14. The highest BCUT2D eigenvalue weighted by molar-refractivity contribution is 5.88. The van der Waals surface area contributed by atoms with Gasteiger partial charge in [0.05, 0.1) is 18.9 Å². The van der Waals surface area contributed by atoms with Crippen molar-refractivity contribution in [3.63, 3.8) is 0 Å². The second kappa shape index (κ2) is 6.56. The zero-order valence-corrected chi connectivity index (χ0v) is 11.3. The number of rotatable bonds is 5. The summed E-state index contributed by atoms with van der Waals surface area (Å²) >= 11 is 0. The molecule has 0 saturated carbocycles. The van der Waals surface area contributed by atoms with Gasteiger partial charge in [-0.3, -0.25) is 0 Å². The highest BCUT2D eigenvalue weighted by Crippen LogP contribution is 2.17. The lowest BCUT2D eigenvalue weighted by molar-refractivity contribution is -0.150. The molecule has 0 radical (unpaired) electrons. The van der Waals surface area contributed by atoms with Gasteiger partial charge in [0.25, 0.3) is 0 Å². The first-order chi connectivity index (χ1) is 7.26. The molecule has 0 aromatic carbocycles. The van der Waals surface area contributed by atoms with Crippen molar-refractivity contribution in [1.29, 1.82) is 0 Å². The maximum absolute atomic E-state index is 11.8. The summed E-state index contributed by atoms with van der Waals surface area (Å²) in [7, 11) is 1.54. The lowest BCUT2D eigenvalue weighted by atomic mass is 10.0. The van der Waals surface area contributed by atoms with Gasteiger partial charge in [0.2, 0.25) is 0 Å². The average molecular weight is 228 g/mol. The van der Waals surface area contributed by atoms with Crippen molar-refractivity contribution < 1.29 is 14.3 Å². The number of esters is 1. The van der Waals surface area contributed by atoms with Gasteiger partial charge in [-0.15, -0.1) is 0 Å². The molecule has 0 N–H and O–H groups in total. The molecule has 0 atom stereocenters. The first-order valence-electron chi connectivity index (χ1n) is 5.71. The molecule has 0 aromatic rings. The van der Waals surface area contributed by atoms with Crippen LogP contribution < -0.4 is 0 Å². The summed E-state index contributed by atoms with van der Waals surface area (Å²) in [6, 6.07) is 0. The summed E-state index contributed by atoms with van der Waals surface area (Å²) < 4.78 is 10.2. The lowest BCUT2D eigenvalue weighted by Gasteiger charge is -2.20. The van der Waals surface area contributed by atoms with Crippen molar-refractivity contribution in [2.75, 3.05) is 7.11 Å². The molecule has 94 valence electrons. The minimum absolute atomic E-state index is 0.282. The molecule has 0 aliphatic carbocycles.